The number of rotatable bonds is 2. The van der Waals surface area contributed by atoms with Crippen LogP contribution in [0.2, 0.25) is 0 Å². The van der Waals surface area contributed by atoms with E-state index in [-0.39, 0.29) is 11.9 Å². The van der Waals surface area contributed by atoms with Crippen LogP contribution in [-0.4, -0.2) is 16.1 Å². The lowest BCUT2D eigenvalue weighted by molar-refractivity contribution is 0.254. The van der Waals surface area contributed by atoms with E-state index in [1.54, 1.807) is 5.51 Å². The topological polar surface area (TPSA) is 84.8 Å². The van der Waals surface area contributed by atoms with Crippen molar-refractivity contribution in [1.82, 2.24) is 9.97 Å². The van der Waals surface area contributed by atoms with E-state index in [0.29, 0.717) is 5.56 Å². The van der Waals surface area contributed by atoms with Gasteiger partial charge in [-0.1, -0.05) is 6.07 Å². The first-order valence-electron chi connectivity index (χ1n) is 7.98. The molecule has 1 aliphatic rings. The maximum Gasteiger partial charge on any atom is 0.142 e. The third-order valence-corrected chi connectivity index (χ3v) is 5.30. The van der Waals surface area contributed by atoms with Crippen LogP contribution in [0, 0.1) is 18.3 Å². The lowest BCUT2D eigenvalue weighted by atomic mass is 9.97. The summed E-state index contributed by atoms with van der Waals surface area (Å²) >= 11 is 1.52. The van der Waals surface area contributed by atoms with Crippen LogP contribution in [0.15, 0.2) is 29.8 Å². The third-order valence-electron chi connectivity index (χ3n) is 4.34. The maximum atomic E-state index is 9.57. The van der Waals surface area contributed by atoms with E-state index in [2.05, 4.69) is 29.0 Å². The van der Waals surface area contributed by atoms with Crippen molar-refractivity contribution in [3.05, 3.63) is 46.6 Å². The molecule has 25 heavy (non-hydrogen) atoms. The fourth-order valence-corrected chi connectivity index (χ4v) is 3.93. The van der Waals surface area contributed by atoms with E-state index < -0.39 is 0 Å². The average Bonchev–Trinajstić information content (AvgIpc) is 3.17. The van der Waals surface area contributed by atoms with Crippen molar-refractivity contribution in [1.29, 1.82) is 5.26 Å². The van der Waals surface area contributed by atoms with Gasteiger partial charge in [0.05, 0.1) is 21.8 Å². The largest absolute Gasteiger partial charge is 0.490 e. The summed E-state index contributed by atoms with van der Waals surface area (Å²) in [6.45, 7) is 3.99. The Kier molecular flexibility index (Phi) is 3.66. The number of nitrogens with two attached hydrogens (primary N) is 1. The van der Waals surface area contributed by atoms with Gasteiger partial charge in [0, 0.05) is 12.0 Å². The predicted octanol–water partition coefficient (Wildman–Crippen LogP) is 3.96. The molecule has 4 rings (SSSR count). The van der Waals surface area contributed by atoms with Crippen LogP contribution in [0.25, 0.3) is 21.7 Å². The summed E-state index contributed by atoms with van der Waals surface area (Å²) in [5, 5.41) is 9.57. The van der Waals surface area contributed by atoms with Crippen molar-refractivity contribution in [2.24, 2.45) is 0 Å². The third kappa shape index (κ3) is 2.63. The zero-order valence-corrected chi connectivity index (χ0v) is 14.7. The van der Waals surface area contributed by atoms with Gasteiger partial charge in [-0.15, -0.1) is 11.3 Å². The normalized spacial score (nSPS) is 15.5. The number of anilines is 1. The van der Waals surface area contributed by atoms with E-state index in [4.69, 9.17) is 10.5 Å². The molecule has 0 saturated carbocycles. The average molecular weight is 348 g/mol. The number of benzene rings is 1. The van der Waals surface area contributed by atoms with Crippen LogP contribution in [0.1, 0.15) is 23.7 Å². The van der Waals surface area contributed by atoms with Crippen molar-refractivity contribution in [3.8, 4) is 33.5 Å². The summed E-state index contributed by atoms with van der Waals surface area (Å²) in [6, 6.07) is 10.1. The quantitative estimate of drug-likeness (QED) is 0.758. The minimum Gasteiger partial charge on any atom is -0.490 e. The molecule has 6 heteroatoms. The number of fused-ring (bicyclic) bond motifs is 1. The second-order valence-corrected chi connectivity index (χ2v) is 7.00. The highest BCUT2D eigenvalue weighted by Gasteiger charge is 2.21. The van der Waals surface area contributed by atoms with E-state index in [1.807, 2.05) is 25.1 Å². The van der Waals surface area contributed by atoms with Crippen LogP contribution in [0.5, 0.6) is 5.75 Å². The van der Waals surface area contributed by atoms with E-state index in [0.717, 1.165) is 45.1 Å². The smallest absolute Gasteiger partial charge is 0.142 e. The van der Waals surface area contributed by atoms with Gasteiger partial charge in [0.1, 0.15) is 29.3 Å². The molecule has 1 aromatic carbocycles. The molecule has 0 saturated heterocycles. The fraction of sp³-hybridized carbons (Fsp3) is 0.211. The molecule has 2 aromatic heterocycles. The number of hydrogen-bond donors (Lipinski definition) is 1. The fourth-order valence-electron chi connectivity index (χ4n) is 3.16. The Morgan fingerprint density at radius 1 is 1.36 bits per heavy atom. The molecule has 0 fully saturated rings. The number of aryl methyl sites for hydroxylation is 1. The van der Waals surface area contributed by atoms with Crippen LogP contribution in [0.4, 0.5) is 5.82 Å². The van der Waals surface area contributed by atoms with Gasteiger partial charge in [-0.2, -0.15) is 5.26 Å². The lowest BCUT2D eigenvalue weighted by Crippen LogP contribution is -2.05. The number of pyridine rings is 1. The number of nitriles is 1. The summed E-state index contributed by atoms with van der Waals surface area (Å²) in [5.74, 6) is 1.16. The Bertz CT molecular complexity index is 1020. The first-order valence-corrected chi connectivity index (χ1v) is 8.86. The molecule has 0 aliphatic carbocycles. The van der Waals surface area contributed by atoms with Crippen LogP contribution in [0.3, 0.4) is 0 Å². The molecular weight excluding hydrogens is 332 g/mol. The molecular formula is C19H16N4OS. The van der Waals surface area contributed by atoms with E-state index >= 15 is 0 Å². The van der Waals surface area contributed by atoms with Crippen molar-refractivity contribution < 1.29 is 4.74 Å². The SMILES string of the molecule is Cc1ncsc1-c1cc(-c2ccc3c(c2)CC(C)O3)c(C#N)c(N)n1. The van der Waals surface area contributed by atoms with Crippen LogP contribution < -0.4 is 10.5 Å². The number of nitrogen functional groups attached to an aromatic ring is 1. The van der Waals surface area contributed by atoms with Crippen LogP contribution in [-0.2, 0) is 6.42 Å². The summed E-state index contributed by atoms with van der Waals surface area (Å²) < 4.78 is 5.77. The molecule has 0 bridgehead atoms. The molecule has 0 spiro atoms. The Morgan fingerprint density at radius 3 is 2.92 bits per heavy atom. The van der Waals surface area contributed by atoms with Gasteiger partial charge in [0.25, 0.3) is 0 Å². The highest BCUT2D eigenvalue weighted by atomic mass is 32.1. The highest BCUT2D eigenvalue weighted by Crippen LogP contribution is 2.37. The van der Waals surface area contributed by atoms with Crippen LogP contribution >= 0.6 is 11.3 Å². The van der Waals surface area contributed by atoms with Crippen molar-refractivity contribution >= 4 is 17.2 Å². The molecule has 0 radical (unpaired) electrons. The standard InChI is InChI=1S/C19H16N4OS/c1-10-5-13-6-12(3-4-17(13)24-10)14-7-16(18-11(2)22-9-25-18)23-19(21)15(14)8-20/h3-4,6-7,9-10H,5H2,1-2H3,(H2,21,23). The van der Waals surface area contributed by atoms with Gasteiger partial charge in [-0.05, 0) is 43.2 Å². The molecule has 3 heterocycles. The van der Waals surface area contributed by atoms with Crippen molar-refractivity contribution in [2.45, 2.75) is 26.4 Å². The number of aromatic nitrogens is 2. The Labute approximate surface area is 149 Å². The number of ether oxygens (including phenoxy) is 1. The summed E-state index contributed by atoms with van der Waals surface area (Å²) in [4.78, 5) is 9.67. The highest BCUT2D eigenvalue weighted by molar-refractivity contribution is 7.13. The zero-order valence-electron chi connectivity index (χ0n) is 13.9. The molecule has 1 aliphatic heterocycles. The Hall–Kier alpha value is -2.91. The first kappa shape index (κ1) is 15.6. The second kappa shape index (κ2) is 5.87. The monoisotopic (exact) mass is 348 g/mol. The molecule has 1 atom stereocenters. The van der Waals surface area contributed by atoms with Gasteiger partial charge < -0.3 is 10.5 Å². The number of hydrogen-bond acceptors (Lipinski definition) is 6. The van der Waals surface area contributed by atoms with E-state index in [9.17, 15) is 5.26 Å². The summed E-state index contributed by atoms with van der Waals surface area (Å²) in [7, 11) is 0. The molecule has 1 unspecified atom stereocenters. The van der Waals surface area contributed by atoms with Gasteiger partial charge in [-0.3, -0.25) is 0 Å². The van der Waals surface area contributed by atoms with Gasteiger partial charge in [0.15, 0.2) is 0 Å². The van der Waals surface area contributed by atoms with Gasteiger partial charge >= 0.3 is 0 Å². The second-order valence-electron chi connectivity index (χ2n) is 6.15. The number of nitrogens with zero attached hydrogens (tertiary/aromatic N) is 3. The lowest BCUT2D eigenvalue weighted by Gasteiger charge is -2.10. The minimum absolute atomic E-state index is 0.179. The predicted molar refractivity (Wildman–Crippen MR) is 98.4 cm³/mol. The molecule has 124 valence electrons. The van der Waals surface area contributed by atoms with Gasteiger partial charge in [0.2, 0.25) is 0 Å². The van der Waals surface area contributed by atoms with Gasteiger partial charge in [-0.25, -0.2) is 9.97 Å². The minimum atomic E-state index is 0.179. The first-order chi connectivity index (χ1) is 12.1. The molecule has 3 aromatic rings. The van der Waals surface area contributed by atoms with Crippen molar-refractivity contribution in [2.75, 3.05) is 5.73 Å². The van der Waals surface area contributed by atoms with Crippen molar-refractivity contribution in [3.63, 3.8) is 0 Å². The number of thiazole rings is 1. The molecule has 5 nitrogen and oxygen atoms in total. The molecule has 0 amide bonds. The summed E-state index contributed by atoms with van der Waals surface area (Å²) in [5.41, 5.74) is 12.8. The Balaban J connectivity index is 1.90. The zero-order chi connectivity index (χ0) is 17.6. The Morgan fingerprint density at radius 2 is 2.20 bits per heavy atom. The van der Waals surface area contributed by atoms with E-state index in [1.165, 1.54) is 11.3 Å². The maximum absolute atomic E-state index is 9.57. The molecule has 2 N–H and O–H groups in total. The summed E-state index contributed by atoms with van der Waals surface area (Å²) in [6.07, 6.45) is 1.05.